The summed E-state index contributed by atoms with van der Waals surface area (Å²) in [4.78, 5) is 58.4. The topological polar surface area (TPSA) is 74.8 Å². The summed E-state index contributed by atoms with van der Waals surface area (Å²) >= 11 is 7.56. The Labute approximate surface area is 278 Å². The summed E-state index contributed by atoms with van der Waals surface area (Å²) in [6.45, 7) is 0.340. The predicted octanol–water partition coefficient (Wildman–Crippen LogP) is 8.85. The Morgan fingerprint density at radius 1 is 0.413 bits per heavy atom. The van der Waals surface area contributed by atoms with Crippen LogP contribution in [0.2, 0.25) is 0 Å². The van der Waals surface area contributed by atoms with Gasteiger partial charge in [-0.3, -0.25) is 29.0 Å². The maximum absolute atomic E-state index is 14.0. The first-order valence-corrected chi connectivity index (χ1v) is 16.3. The van der Waals surface area contributed by atoms with Crippen LogP contribution in [0.3, 0.4) is 0 Å². The van der Waals surface area contributed by atoms with E-state index in [1.54, 1.807) is 24.3 Å². The normalized spacial score (nSPS) is 14.6. The van der Waals surface area contributed by atoms with Crippen LogP contribution in [0.25, 0.3) is 43.1 Å². The molecule has 4 amide bonds. The molecule has 6 nitrogen and oxygen atoms in total. The van der Waals surface area contributed by atoms with Crippen LogP contribution < -0.4 is 0 Å². The molecule has 0 spiro atoms. The Kier molecular flexibility index (Phi) is 5.83. The van der Waals surface area contributed by atoms with Crippen molar-refractivity contribution in [3.8, 4) is 0 Å². The average molecular weight is 728 g/mol. The van der Waals surface area contributed by atoms with Gasteiger partial charge in [-0.1, -0.05) is 105 Å². The van der Waals surface area contributed by atoms with Gasteiger partial charge in [-0.25, -0.2) is 0 Å². The number of benzene rings is 7. The van der Waals surface area contributed by atoms with Gasteiger partial charge >= 0.3 is 0 Å². The number of imide groups is 2. The molecule has 7 aromatic carbocycles. The second kappa shape index (κ2) is 9.79. The number of hydrogen-bond donors (Lipinski definition) is 0. The molecule has 8 heteroatoms. The lowest BCUT2D eigenvalue weighted by molar-refractivity contribution is 0.0583. The molecule has 220 valence electrons. The smallest absolute Gasteiger partial charge is 0.261 e. The van der Waals surface area contributed by atoms with E-state index in [4.69, 9.17) is 0 Å². The maximum Gasteiger partial charge on any atom is 0.261 e. The van der Waals surface area contributed by atoms with Crippen LogP contribution >= 0.6 is 31.9 Å². The minimum atomic E-state index is -0.354. The van der Waals surface area contributed by atoms with Crippen molar-refractivity contribution >= 4 is 98.6 Å². The van der Waals surface area contributed by atoms with Crippen molar-refractivity contribution in [1.82, 2.24) is 9.80 Å². The first-order valence-electron chi connectivity index (χ1n) is 14.7. The average Bonchev–Trinajstić information content (AvgIpc) is 3.07. The lowest BCUT2D eigenvalue weighted by Crippen LogP contribution is -2.40. The van der Waals surface area contributed by atoms with Crippen molar-refractivity contribution in [3.05, 3.63) is 139 Å². The quantitative estimate of drug-likeness (QED) is 0.103. The third-order valence-corrected chi connectivity index (χ3v) is 10.5. The Hall–Kier alpha value is -4.92. The molecule has 2 aliphatic rings. The highest BCUT2D eigenvalue weighted by Gasteiger charge is 2.38. The van der Waals surface area contributed by atoms with Crippen LogP contribution in [-0.2, 0) is 13.1 Å². The minimum absolute atomic E-state index is 0.162. The molecule has 0 unspecified atom stereocenters. The van der Waals surface area contributed by atoms with Crippen LogP contribution in [0.4, 0.5) is 0 Å². The van der Waals surface area contributed by atoms with Crippen LogP contribution in [0, 0.1) is 0 Å². The Bertz CT molecular complexity index is 2400. The molecule has 2 heterocycles. The highest BCUT2D eigenvalue weighted by atomic mass is 79.9. The molecule has 0 atom stereocenters. The van der Waals surface area contributed by atoms with Gasteiger partial charge in [0.25, 0.3) is 23.6 Å². The summed E-state index contributed by atoms with van der Waals surface area (Å²) in [5.74, 6) is -1.39. The summed E-state index contributed by atoms with van der Waals surface area (Å²) in [6, 6.07) is 29.9. The second-order valence-corrected chi connectivity index (χ2v) is 13.5. The lowest BCUT2D eigenvalue weighted by atomic mass is 9.82. The van der Waals surface area contributed by atoms with Gasteiger partial charge in [0.15, 0.2) is 0 Å². The van der Waals surface area contributed by atoms with Gasteiger partial charge in [0, 0.05) is 58.1 Å². The summed E-state index contributed by atoms with van der Waals surface area (Å²) in [5.41, 5.74) is 3.55. The minimum Gasteiger partial charge on any atom is -0.270 e. The van der Waals surface area contributed by atoms with Gasteiger partial charge in [0.05, 0.1) is 13.1 Å². The SMILES string of the molecule is O=C1c2ccc3c4c(Br)cc5c6c(cc(Br)c(c7ccc(c2c37)C(=O)N1Cc1ccccc1)c64)C(=O)N(Cc1ccccc1)C5=O. The van der Waals surface area contributed by atoms with Crippen molar-refractivity contribution in [1.29, 1.82) is 0 Å². The van der Waals surface area contributed by atoms with Crippen molar-refractivity contribution in [3.63, 3.8) is 0 Å². The summed E-state index contributed by atoms with van der Waals surface area (Å²) in [7, 11) is 0. The molecule has 0 aromatic heterocycles. The van der Waals surface area contributed by atoms with Crippen LogP contribution in [0.5, 0.6) is 0 Å². The number of carbonyl (C=O) groups excluding carboxylic acids is 4. The fraction of sp³-hybridized carbons (Fsp3) is 0.0526. The van der Waals surface area contributed by atoms with E-state index in [0.29, 0.717) is 42.0 Å². The molecule has 0 saturated heterocycles. The molecule has 46 heavy (non-hydrogen) atoms. The van der Waals surface area contributed by atoms with E-state index in [9.17, 15) is 19.2 Å². The third kappa shape index (κ3) is 3.62. The van der Waals surface area contributed by atoms with Gasteiger partial charge in [0.2, 0.25) is 0 Å². The number of halogens is 2. The largest absolute Gasteiger partial charge is 0.270 e. The van der Waals surface area contributed by atoms with Gasteiger partial charge in [0.1, 0.15) is 0 Å². The first-order chi connectivity index (χ1) is 22.3. The van der Waals surface area contributed by atoms with Crippen molar-refractivity contribution in [2.45, 2.75) is 13.1 Å². The van der Waals surface area contributed by atoms with E-state index in [1.165, 1.54) is 9.80 Å². The van der Waals surface area contributed by atoms with E-state index in [-0.39, 0.29) is 36.7 Å². The van der Waals surface area contributed by atoms with E-state index in [1.807, 2.05) is 72.8 Å². The van der Waals surface area contributed by atoms with Crippen LogP contribution in [0.15, 0.2) is 106 Å². The molecule has 0 radical (unpaired) electrons. The number of amides is 4. The fourth-order valence-corrected chi connectivity index (χ4v) is 8.57. The van der Waals surface area contributed by atoms with Gasteiger partial charge in [-0.05, 0) is 51.6 Å². The summed E-state index contributed by atoms with van der Waals surface area (Å²) in [6.07, 6.45) is 0. The summed E-state index contributed by atoms with van der Waals surface area (Å²) < 4.78 is 1.38. The molecular weight excluding hydrogens is 708 g/mol. The fourth-order valence-electron chi connectivity index (χ4n) is 7.29. The molecule has 0 aliphatic carbocycles. The Morgan fingerprint density at radius 3 is 1.24 bits per heavy atom. The maximum atomic E-state index is 14.0. The van der Waals surface area contributed by atoms with Crippen LogP contribution in [0.1, 0.15) is 52.6 Å². The van der Waals surface area contributed by atoms with E-state index < -0.39 is 0 Å². The lowest BCUT2D eigenvalue weighted by Gasteiger charge is -2.31. The van der Waals surface area contributed by atoms with E-state index in [0.717, 1.165) is 43.4 Å². The molecule has 7 aromatic rings. The number of fused-ring (bicyclic) bond motifs is 2. The zero-order chi connectivity index (χ0) is 31.4. The Balaban J connectivity index is 1.31. The molecular formula is C38H20Br2N2O4. The monoisotopic (exact) mass is 726 g/mol. The molecule has 0 fully saturated rings. The van der Waals surface area contributed by atoms with Crippen molar-refractivity contribution < 1.29 is 19.2 Å². The molecule has 0 bridgehead atoms. The van der Waals surface area contributed by atoms with E-state index >= 15 is 0 Å². The molecule has 9 rings (SSSR count). The number of carbonyl (C=O) groups is 4. The molecule has 0 N–H and O–H groups in total. The number of nitrogens with zero attached hydrogens (tertiary/aromatic N) is 2. The van der Waals surface area contributed by atoms with E-state index in [2.05, 4.69) is 31.9 Å². The third-order valence-electron chi connectivity index (χ3n) is 9.28. The van der Waals surface area contributed by atoms with Gasteiger partial charge in [-0.2, -0.15) is 0 Å². The zero-order valence-electron chi connectivity index (χ0n) is 23.9. The highest BCUT2D eigenvalue weighted by molar-refractivity contribution is 9.11. The first kappa shape index (κ1) is 27.4. The van der Waals surface area contributed by atoms with Crippen molar-refractivity contribution in [2.24, 2.45) is 0 Å². The molecule has 0 saturated carbocycles. The van der Waals surface area contributed by atoms with Gasteiger partial charge < -0.3 is 0 Å². The predicted molar refractivity (Wildman–Crippen MR) is 184 cm³/mol. The van der Waals surface area contributed by atoms with Crippen LogP contribution in [-0.4, -0.2) is 33.4 Å². The highest BCUT2D eigenvalue weighted by Crippen LogP contribution is 2.50. The standard InChI is InChI=1S/C38H20Br2N2O4/c39-27-15-25-31-26(38(46)42(37(25)45)18-20-9-5-2-6-10-20)16-28(40)33-22-12-14-24-30-23(13-11-21(29(22)30)32(27)34(31)33)35(43)41(36(24)44)17-19-7-3-1-4-8-19/h1-16H,17-18H2. The number of hydrogen-bond acceptors (Lipinski definition) is 4. The van der Waals surface area contributed by atoms with Gasteiger partial charge in [-0.15, -0.1) is 0 Å². The van der Waals surface area contributed by atoms with Crippen molar-refractivity contribution in [2.75, 3.05) is 0 Å². The molecule has 2 aliphatic heterocycles. The number of rotatable bonds is 4. The zero-order valence-corrected chi connectivity index (χ0v) is 27.1. The summed E-state index contributed by atoms with van der Waals surface area (Å²) in [5, 5.41) is 6.09. The Morgan fingerprint density at radius 2 is 0.804 bits per heavy atom. The second-order valence-electron chi connectivity index (χ2n) is 11.7.